The quantitative estimate of drug-likeness (QED) is 0.858. The van der Waals surface area contributed by atoms with E-state index in [0.717, 1.165) is 0 Å². The van der Waals surface area contributed by atoms with Gasteiger partial charge in [-0.3, -0.25) is 0 Å². The zero-order valence-electron chi connectivity index (χ0n) is 14.2. The molecule has 1 N–H and O–H groups in total. The number of hydrogen-bond acceptors (Lipinski definition) is 5. The largest absolute Gasteiger partial charge is 0.497 e. The monoisotopic (exact) mass is 377 g/mol. The lowest BCUT2D eigenvalue weighted by Crippen LogP contribution is -2.40. The van der Waals surface area contributed by atoms with Gasteiger partial charge in [-0.1, -0.05) is 12.1 Å². The fourth-order valence-corrected chi connectivity index (χ4v) is 4.24. The van der Waals surface area contributed by atoms with Gasteiger partial charge in [0.1, 0.15) is 5.75 Å². The van der Waals surface area contributed by atoms with Gasteiger partial charge in [-0.25, -0.2) is 13.2 Å². The first-order valence-corrected chi connectivity index (χ1v) is 9.46. The van der Waals surface area contributed by atoms with Crippen LogP contribution in [-0.2, 0) is 14.8 Å². The second kappa shape index (κ2) is 7.45. The molecule has 0 atom stereocenters. The van der Waals surface area contributed by atoms with Crippen LogP contribution in [0.15, 0.2) is 47.4 Å². The summed E-state index contributed by atoms with van der Waals surface area (Å²) in [4.78, 5) is 11.5. The van der Waals surface area contributed by atoms with Gasteiger partial charge in [0, 0.05) is 13.1 Å². The van der Waals surface area contributed by atoms with Gasteiger partial charge in [0.25, 0.3) is 0 Å². The Labute approximate surface area is 151 Å². The number of methoxy groups -OCH3 is 1. The minimum absolute atomic E-state index is 0.0369. The summed E-state index contributed by atoms with van der Waals surface area (Å²) in [6.45, 7) is 1.14. The van der Waals surface area contributed by atoms with Gasteiger partial charge in [-0.15, -0.1) is 0 Å². The minimum atomic E-state index is -3.80. The van der Waals surface area contributed by atoms with Gasteiger partial charge in [-0.05, 0) is 41.5 Å². The van der Waals surface area contributed by atoms with Crippen molar-refractivity contribution in [3.63, 3.8) is 0 Å². The zero-order chi connectivity index (χ0) is 18.7. The molecule has 138 valence electrons. The topological polar surface area (TPSA) is 93.1 Å². The van der Waals surface area contributed by atoms with E-state index in [1.807, 2.05) is 0 Å². The Morgan fingerprint density at radius 3 is 2.31 bits per heavy atom. The molecule has 0 radical (unpaired) electrons. The van der Waals surface area contributed by atoms with Crippen LogP contribution in [0.4, 0.5) is 0 Å². The fraction of sp³-hybridized carbons (Fsp3) is 0.278. The highest BCUT2D eigenvalue weighted by molar-refractivity contribution is 7.89. The predicted octanol–water partition coefficient (Wildman–Crippen LogP) is 2.08. The predicted molar refractivity (Wildman–Crippen MR) is 95.0 cm³/mol. The Balaban J connectivity index is 2.07. The number of sulfonamides is 1. The summed E-state index contributed by atoms with van der Waals surface area (Å²) in [6.07, 6.45) is 0. The molecule has 0 saturated carbocycles. The molecule has 7 nitrogen and oxygen atoms in total. The van der Waals surface area contributed by atoms with Crippen LogP contribution in [0.25, 0.3) is 11.1 Å². The number of aromatic carboxylic acids is 1. The van der Waals surface area contributed by atoms with E-state index in [9.17, 15) is 18.3 Å². The first-order valence-electron chi connectivity index (χ1n) is 8.02. The van der Waals surface area contributed by atoms with Crippen molar-refractivity contribution in [2.75, 3.05) is 33.4 Å². The van der Waals surface area contributed by atoms with Crippen molar-refractivity contribution in [3.05, 3.63) is 48.0 Å². The highest BCUT2D eigenvalue weighted by Crippen LogP contribution is 2.28. The van der Waals surface area contributed by atoms with Crippen LogP contribution in [0.5, 0.6) is 5.75 Å². The standard InChI is InChI=1S/C18H19NO6S/c1-24-16-4-2-13(3-5-16)14-10-15(18(20)21)12-17(11-14)26(22,23)19-6-8-25-9-7-19/h2-5,10-12H,6-9H2,1H3,(H,20,21). The van der Waals surface area contributed by atoms with Gasteiger partial charge < -0.3 is 14.6 Å². The van der Waals surface area contributed by atoms with Crippen molar-refractivity contribution in [2.24, 2.45) is 0 Å². The maximum absolute atomic E-state index is 12.9. The molecular weight excluding hydrogens is 358 g/mol. The third-order valence-electron chi connectivity index (χ3n) is 4.18. The molecule has 1 aliphatic heterocycles. The molecule has 2 aromatic rings. The molecule has 0 bridgehead atoms. The van der Waals surface area contributed by atoms with Gasteiger partial charge >= 0.3 is 5.97 Å². The Morgan fingerprint density at radius 2 is 1.73 bits per heavy atom. The van der Waals surface area contributed by atoms with Gasteiger partial charge in [0.2, 0.25) is 10.0 Å². The second-order valence-corrected chi connectivity index (χ2v) is 7.73. The Kier molecular flexibility index (Phi) is 5.26. The van der Waals surface area contributed by atoms with Crippen LogP contribution in [0.2, 0.25) is 0 Å². The van der Waals surface area contributed by atoms with E-state index in [-0.39, 0.29) is 23.5 Å². The summed E-state index contributed by atoms with van der Waals surface area (Å²) >= 11 is 0. The smallest absolute Gasteiger partial charge is 0.335 e. The zero-order valence-corrected chi connectivity index (χ0v) is 15.0. The van der Waals surface area contributed by atoms with Crippen LogP contribution >= 0.6 is 0 Å². The lowest BCUT2D eigenvalue weighted by molar-refractivity contribution is 0.0696. The maximum atomic E-state index is 12.9. The average Bonchev–Trinajstić information content (AvgIpc) is 2.68. The summed E-state index contributed by atoms with van der Waals surface area (Å²) in [5.74, 6) is -0.525. The number of nitrogens with zero attached hydrogens (tertiary/aromatic N) is 1. The average molecular weight is 377 g/mol. The number of carboxylic acid groups (broad SMARTS) is 1. The van der Waals surface area contributed by atoms with E-state index in [2.05, 4.69) is 0 Å². The lowest BCUT2D eigenvalue weighted by atomic mass is 10.0. The molecule has 0 amide bonds. The van der Waals surface area contributed by atoms with Crippen molar-refractivity contribution in [3.8, 4) is 16.9 Å². The fourth-order valence-electron chi connectivity index (χ4n) is 2.76. The van der Waals surface area contributed by atoms with E-state index in [1.54, 1.807) is 31.4 Å². The summed E-state index contributed by atoms with van der Waals surface area (Å²) in [6, 6.07) is 11.1. The Bertz CT molecular complexity index is 902. The SMILES string of the molecule is COc1ccc(-c2cc(C(=O)O)cc(S(=O)(=O)N3CCOCC3)c2)cc1. The summed E-state index contributed by atoms with van der Waals surface area (Å²) in [7, 11) is -2.25. The molecule has 1 heterocycles. The Hall–Kier alpha value is -2.42. The molecule has 26 heavy (non-hydrogen) atoms. The molecule has 1 saturated heterocycles. The number of benzene rings is 2. The summed E-state index contributed by atoms with van der Waals surface area (Å²) in [5, 5.41) is 9.39. The van der Waals surface area contributed by atoms with Gasteiger partial charge in [0.05, 0.1) is 30.8 Å². The van der Waals surface area contributed by atoms with Crippen molar-refractivity contribution >= 4 is 16.0 Å². The third kappa shape index (κ3) is 3.72. The highest BCUT2D eigenvalue weighted by Gasteiger charge is 2.27. The number of carbonyl (C=O) groups is 1. The minimum Gasteiger partial charge on any atom is -0.497 e. The van der Waals surface area contributed by atoms with Crippen LogP contribution in [0.3, 0.4) is 0 Å². The van der Waals surface area contributed by atoms with Gasteiger partial charge in [0.15, 0.2) is 0 Å². The van der Waals surface area contributed by atoms with Crippen LogP contribution < -0.4 is 4.74 Å². The number of hydrogen-bond donors (Lipinski definition) is 1. The number of carboxylic acids is 1. The highest BCUT2D eigenvalue weighted by atomic mass is 32.2. The normalized spacial score (nSPS) is 15.6. The van der Waals surface area contributed by atoms with E-state index in [0.29, 0.717) is 30.1 Å². The molecule has 2 aromatic carbocycles. The third-order valence-corrected chi connectivity index (χ3v) is 6.06. The number of morpholine rings is 1. The van der Waals surface area contributed by atoms with Crippen LogP contribution in [-0.4, -0.2) is 57.2 Å². The van der Waals surface area contributed by atoms with E-state index >= 15 is 0 Å². The first kappa shape index (κ1) is 18.4. The Morgan fingerprint density at radius 1 is 1.08 bits per heavy atom. The molecule has 1 fully saturated rings. The molecule has 0 aliphatic carbocycles. The van der Waals surface area contributed by atoms with Crippen molar-refractivity contribution in [1.29, 1.82) is 0 Å². The number of ether oxygens (including phenoxy) is 2. The lowest BCUT2D eigenvalue weighted by Gasteiger charge is -2.26. The molecule has 0 aromatic heterocycles. The van der Waals surface area contributed by atoms with Crippen molar-refractivity contribution < 1.29 is 27.8 Å². The van der Waals surface area contributed by atoms with E-state index in [4.69, 9.17) is 9.47 Å². The molecular formula is C18H19NO6S. The summed E-state index contributed by atoms with van der Waals surface area (Å²) in [5.41, 5.74) is 1.14. The molecule has 8 heteroatoms. The van der Waals surface area contributed by atoms with Crippen LogP contribution in [0, 0.1) is 0 Å². The van der Waals surface area contributed by atoms with E-state index < -0.39 is 16.0 Å². The molecule has 0 unspecified atom stereocenters. The second-order valence-electron chi connectivity index (χ2n) is 5.80. The molecule has 3 rings (SSSR count). The van der Waals surface area contributed by atoms with Crippen molar-refractivity contribution in [1.82, 2.24) is 4.31 Å². The van der Waals surface area contributed by atoms with E-state index in [1.165, 1.54) is 22.5 Å². The number of rotatable bonds is 5. The van der Waals surface area contributed by atoms with Gasteiger partial charge in [-0.2, -0.15) is 4.31 Å². The van der Waals surface area contributed by atoms with Crippen molar-refractivity contribution in [2.45, 2.75) is 4.90 Å². The van der Waals surface area contributed by atoms with Crippen LogP contribution in [0.1, 0.15) is 10.4 Å². The summed E-state index contributed by atoms with van der Waals surface area (Å²) < 4.78 is 37.4. The molecule has 1 aliphatic rings. The first-order chi connectivity index (χ1) is 12.4. The maximum Gasteiger partial charge on any atom is 0.335 e. The molecule has 0 spiro atoms.